The van der Waals surface area contributed by atoms with Crippen LogP contribution in [0.5, 0.6) is 0 Å². The van der Waals surface area contributed by atoms with Gasteiger partial charge in [0, 0.05) is 40.4 Å². The molecule has 0 amide bonds. The zero-order valence-electron chi connectivity index (χ0n) is 9.53. The second-order valence-corrected chi connectivity index (χ2v) is 3.69. The Morgan fingerprint density at radius 2 is 1.93 bits per heavy atom. The van der Waals surface area contributed by atoms with E-state index in [4.69, 9.17) is 15.9 Å². The van der Waals surface area contributed by atoms with E-state index in [1.807, 2.05) is 0 Å². The summed E-state index contributed by atoms with van der Waals surface area (Å²) in [6.45, 7) is 4.41. The third-order valence-corrected chi connectivity index (χ3v) is 2.73. The van der Waals surface area contributed by atoms with Crippen LogP contribution in [0.25, 0.3) is 0 Å². The fourth-order valence-corrected chi connectivity index (χ4v) is 1.85. The topological polar surface area (TPSA) is 33.7 Å². The molecule has 0 radical (unpaired) electrons. The van der Waals surface area contributed by atoms with E-state index in [0.717, 1.165) is 26.2 Å². The predicted octanol–water partition coefficient (Wildman–Crippen LogP) is -0.445. The molecule has 1 aliphatic rings. The van der Waals surface area contributed by atoms with Gasteiger partial charge in [-0.3, -0.25) is 4.90 Å². The molecule has 1 rings (SSSR count). The molecule has 0 spiro atoms. The van der Waals surface area contributed by atoms with Gasteiger partial charge in [0.1, 0.15) is 0 Å². The van der Waals surface area contributed by atoms with Crippen LogP contribution < -0.4 is 5.32 Å². The van der Waals surface area contributed by atoms with Crippen molar-refractivity contribution in [3.8, 4) is 12.3 Å². The smallest absolute Gasteiger partial charge is 0.0971 e. The highest BCUT2D eigenvalue weighted by Gasteiger charge is 2.32. The SMILES string of the molecule is C#CCNCCN1CC(OC)C(OC)C1. The molecular weight excluding hydrogens is 192 g/mol. The molecule has 0 aromatic carbocycles. The molecule has 1 saturated heterocycles. The molecular formula is C11H20N2O2. The summed E-state index contributed by atoms with van der Waals surface area (Å²) < 4.78 is 10.7. The van der Waals surface area contributed by atoms with E-state index in [1.165, 1.54) is 0 Å². The quantitative estimate of drug-likeness (QED) is 0.478. The van der Waals surface area contributed by atoms with E-state index in [9.17, 15) is 0 Å². The Morgan fingerprint density at radius 3 is 2.40 bits per heavy atom. The summed E-state index contributed by atoms with van der Waals surface area (Å²) in [7, 11) is 3.47. The zero-order chi connectivity index (χ0) is 11.1. The summed E-state index contributed by atoms with van der Waals surface area (Å²) in [6.07, 6.45) is 5.54. The van der Waals surface area contributed by atoms with Crippen molar-refractivity contribution in [1.29, 1.82) is 0 Å². The van der Waals surface area contributed by atoms with Crippen molar-refractivity contribution in [2.75, 3.05) is 46.9 Å². The molecule has 4 nitrogen and oxygen atoms in total. The second-order valence-electron chi connectivity index (χ2n) is 3.69. The maximum absolute atomic E-state index is 5.35. The second kappa shape index (κ2) is 6.81. The summed E-state index contributed by atoms with van der Waals surface area (Å²) in [6, 6.07) is 0. The van der Waals surface area contributed by atoms with Crippen LogP contribution in [0.3, 0.4) is 0 Å². The van der Waals surface area contributed by atoms with Gasteiger partial charge in [-0.15, -0.1) is 6.42 Å². The Bertz CT molecular complexity index is 203. The average Bonchev–Trinajstić information content (AvgIpc) is 2.67. The van der Waals surface area contributed by atoms with Gasteiger partial charge in [-0.25, -0.2) is 0 Å². The van der Waals surface area contributed by atoms with Crippen molar-refractivity contribution in [2.45, 2.75) is 12.2 Å². The van der Waals surface area contributed by atoms with Crippen molar-refractivity contribution in [3.05, 3.63) is 0 Å². The van der Waals surface area contributed by atoms with Crippen LogP contribution in [0.2, 0.25) is 0 Å². The third kappa shape index (κ3) is 3.80. The number of hydrogen-bond acceptors (Lipinski definition) is 4. The van der Waals surface area contributed by atoms with E-state index in [1.54, 1.807) is 14.2 Å². The number of rotatable bonds is 6. The molecule has 2 atom stereocenters. The van der Waals surface area contributed by atoms with Crippen LogP contribution in [-0.4, -0.2) is 64.1 Å². The Morgan fingerprint density at radius 1 is 1.33 bits per heavy atom. The van der Waals surface area contributed by atoms with Gasteiger partial charge in [0.05, 0.1) is 18.8 Å². The molecule has 1 fully saturated rings. The van der Waals surface area contributed by atoms with Crippen LogP contribution in [0.15, 0.2) is 0 Å². The normalized spacial score (nSPS) is 26.7. The monoisotopic (exact) mass is 212 g/mol. The Balaban J connectivity index is 2.19. The first-order chi connectivity index (χ1) is 7.31. The van der Waals surface area contributed by atoms with Crippen molar-refractivity contribution in [2.24, 2.45) is 0 Å². The van der Waals surface area contributed by atoms with E-state index in [-0.39, 0.29) is 12.2 Å². The lowest BCUT2D eigenvalue weighted by molar-refractivity contribution is -0.00461. The van der Waals surface area contributed by atoms with Crippen LogP contribution in [-0.2, 0) is 9.47 Å². The van der Waals surface area contributed by atoms with Crippen molar-refractivity contribution < 1.29 is 9.47 Å². The predicted molar refractivity (Wildman–Crippen MR) is 59.7 cm³/mol. The summed E-state index contributed by atoms with van der Waals surface area (Å²) in [5, 5.41) is 3.17. The Kier molecular flexibility index (Phi) is 5.66. The average molecular weight is 212 g/mol. The van der Waals surface area contributed by atoms with Crippen LogP contribution in [0, 0.1) is 12.3 Å². The highest BCUT2D eigenvalue weighted by atomic mass is 16.5. The number of likely N-dealkylation sites (tertiary alicyclic amines) is 1. The summed E-state index contributed by atoms with van der Waals surface area (Å²) in [5.41, 5.74) is 0. The molecule has 86 valence electrons. The number of hydrogen-bond donors (Lipinski definition) is 1. The summed E-state index contributed by atoms with van der Waals surface area (Å²) >= 11 is 0. The van der Waals surface area contributed by atoms with Gasteiger partial charge in [-0.05, 0) is 0 Å². The van der Waals surface area contributed by atoms with Gasteiger partial charge >= 0.3 is 0 Å². The molecule has 0 aromatic rings. The molecule has 2 unspecified atom stereocenters. The number of nitrogens with one attached hydrogen (secondary N) is 1. The van der Waals surface area contributed by atoms with Gasteiger partial charge in [-0.1, -0.05) is 5.92 Å². The Labute approximate surface area is 91.9 Å². The molecule has 4 heteroatoms. The zero-order valence-corrected chi connectivity index (χ0v) is 9.53. The molecule has 1 N–H and O–H groups in total. The minimum Gasteiger partial charge on any atom is -0.377 e. The number of ether oxygens (including phenoxy) is 2. The number of terminal acetylenes is 1. The maximum Gasteiger partial charge on any atom is 0.0971 e. The molecule has 1 aliphatic heterocycles. The lowest BCUT2D eigenvalue weighted by Crippen LogP contribution is -2.31. The fourth-order valence-electron chi connectivity index (χ4n) is 1.85. The van der Waals surface area contributed by atoms with Gasteiger partial charge in [0.25, 0.3) is 0 Å². The lowest BCUT2D eigenvalue weighted by atomic mass is 10.3. The largest absolute Gasteiger partial charge is 0.377 e. The van der Waals surface area contributed by atoms with Crippen LogP contribution >= 0.6 is 0 Å². The molecule has 15 heavy (non-hydrogen) atoms. The van der Waals surface area contributed by atoms with Gasteiger partial charge in [-0.2, -0.15) is 0 Å². The lowest BCUT2D eigenvalue weighted by Gasteiger charge is -2.14. The minimum atomic E-state index is 0.197. The van der Waals surface area contributed by atoms with E-state index >= 15 is 0 Å². The molecule has 1 heterocycles. The van der Waals surface area contributed by atoms with Gasteiger partial charge in [0.2, 0.25) is 0 Å². The van der Waals surface area contributed by atoms with Gasteiger partial charge < -0.3 is 14.8 Å². The van der Waals surface area contributed by atoms with Crippen molar-refractivity contribution in [3.63, 3.8) is 0 Å². The van der Waals surface area contributed by atoms with E-state index in [2.05, 4.69) is 16.1 Å². The van der Waals surface area contributed by atoms with Crippen LogP contribution in [0.4, 0.5) is 0 Å². The Hall–Kier alpha value is -0.600. The minimum absolute atomic E-state index is 0.197. The van der Waals surface area contributed by atoms with E-state index in [0.29, 0.717) is 6.54 Å². The highest BCUT2D eigenvalue weighted by Crippen LogP contribution is 2.14. The first-order valence-electron chi connectivity index (χ1n) is 5.24. The third-order valence-electron chi connectivity index (χ3n) is 2.73. The standard InChI is InChI=1S/C11H20N2O2/c1-4-5-12-6-7-13-8-10(14-2)11(9-13)15-3/h1,10-12H,5-9H2,2-3H3. The van der Waals surface area contributed by atoms with E-state index < -0.39 is 0 Å². The fraction of sp³-hybridized carbons (Fsp3) is 0.818. The first kappa shape index (κ1) is 12.5. The molecule has 0 aromatic heterocycles. The van der Waals surface area contributed by atoms with Crippen molar-refractivity contribution >= 4 is 0 Å². The van der Waals surface area contributed by atoms with Gasteiger partial charge in [0.15, 0.2) is 0 Å². The summed E-state index contributed by atoms with van der Waals surface area (Å²) in [4.78, 5) is 2.33. The first-order valence-corrected chi connectivity index (χ1v) is 5.24. The van der Waals surface area contributed by atoms with Crippen LogP contribution in [0.1, 0.15) is 0 Å². The molecule has 0 aliphatic carbocycles. The number of methoxy groups -OCH3 is 2. The highest BCUT2D eigenvalue weighted by molar-refractivity contribution is 4.88. The molecule has 0 saturated carbocycles. The molecule has 0 bridgehead atoms. The summed E-state index contributed by atoms with van der Waals surface area (Å²) in [5.74, 6) is 2.55. The van der Waals surface area contributed by atoms with Crippen molar-refractivity contribution in [1.82, 2.24) is 10.2 Å². The number of nitrogens with zero attached hydrogens (tertiary/aromatic N) is 1. The maximum atomic E-state index is 5.35.